The van der Waals surface area contributed by atoms with Gasteiger partial charge in [0.15, 0.2) is 0 Å². The topological polar surface area (TPSA) is 72.5 Å². The Morgan fingerprint density at radius 3 is 2.20 bits per heavy atom. The van der Waals surface area contributed by atoms with Gasteiger partial charge >= 0.3 is 10.5 Å². The van der Waals surface area contributed by atoms with E-state index in [9.17, 15) is 8.42 Å². The Morgan fingerprint density at radius 2 is 1.65 bits per heavy atom. The van der Waals surface area contributed by atoms with E-state index in [1.54, 1.807) is 12.1 Å². The van der Waals surface area contributed by atoms with Crippen LogP contribution < -0.4 is 5.73 Å². The molecule has 5 heteroatoms. The number of nitrogen functional groups attached to an aromatic ring is 1. The second-order valence-electron chi connectivity index (χ2n) is 4.35. The minimum atomic E-state index is -2.42. The molecule has 0 saturated carbocycles. The summed E-state index contributed by atoms with van der Waals surface area (Å²) in [5, 5.41) is 0. The van der Waals surface area contributed by atoms with E-state index in [0.717, 1.165) is 22.4 Å². The second kappa shape index (κ2) is 6.16. The number of hydrogen-bond acceptors (Lipinski definition) is 4. The molecular weight excluding hydrogens is 272 g/mol. The smallest absolute Gasteiger partial charge is 0.316 e. The summed E-state index contributed by atoms with van der Waals surface area (Å²) < 4.78 is 24.4. The molecule has 2 N–H and O–H groups in total. The van der Waals surface area contributed by atoms with Crippen molar-refractivity contribution in [2.24, 2.45) is 4.36 Å². The summed E-state index contributed by atoms with van der Waals surface area (Å²) in [5.74, 6) is 0. The lowest BCUT2D eigenvalue weighted by Gasteiger charge is -2.03. The number of nitrogens with two attached hydrogens (primary N) is 1. The van der Waals surface area contributed by atoms with Gasteiger partial charge in [0.2, 0.25) is 0 Å². The molecule has 0 saturated heterocycles. The third kappa shape index (κ3) is 3.80. The lowest BCUT2D eigenvalue weighted by Crippen LogP contribution is -1.84. The van der Waals surface area contributed by atoms with Crippen molar-refractivity contribution in [2.45, 2.75) is 6.92 Å². The van der Waals surface area contributed by atoms with E-state index in [4.69, 9.17) is 5.73 Å². The molecule has 0 unspecified atom stereocenters. The number of nitrogens with zero attached hydrogens (tertiary/aromatic N) is 1. The SMILES string of the molecule is CC(=Cc1ccc(N)cc1)c1ccc(N=S(=O)=O)cc1. The molecule has 0 heterocycles. The Morgan fingerprint density at radius 1 is 1.05 bits per heavy atom. The van der Waals surface area contributed by atoms with Crippen molar-refractivity contribution in [1.29, 1.82) is 0 Å². The first kappa shape index (κ1) is 14.0. The number of anilines is 1. The predicted octanol–water partition coefficient (Wildman–Crippen LogP) is 3.52. The molecule has 0 spiro atoms. The molecule has 0 radical (unpaired) electrons. The fourth-order valence-electron chi connectivity index (χ4n) is 1.80. The zero-order valence-electron chi connectivity index (χ0n) is 10.9. The largest absolute Gasteiger partial charge is 0.399 e. The Balaban J connectivity index is 2.26. The van der Waals surface area contributed by atoms with Gasteiger partial charge in [0.1, 0.15) is 0 Å². The van der Waals surface area contributed by atoms with Crippen LogP contribution in [0.1, 0.15) is 18.1 Å². The predicted molar refractivity (Wildman–Crippen MR) is 81.8 cm³/mol. The van der Waals surface area contributed by atoms with Crippen LogP contribution in [-0.2, 0) is 10.5 Å². The molecule has 0 aliphatic carbocycles. The number of hydrogen-bond donors (Lipinski definition) is 1. The van der Waals surface area contributed by atoms with Crippen LogP contribution in [-0.4, -0.2) is 8.42 Å². The summed E-state index contributed by atoms with van der Waals surface area (Å²) in [7, 11) is -2.42. The van der Waals surface area contributed by atoms with Gasteiger partial charge in [-0.15, -0.1) is 4.36 Å². The van der Waals surface area contributed by atoms with Gasteiger partial charge in [-0.05, 0) is 47.9 Å². The second-order valence-corrected chi connectivity index (χ2v) is 4.97. The fourth-order valence-corrected chi connectivity index (χ4v) is 2.09. The van der Waals surface area contributed by atoms with Gasteiger partial charge < -0.3 is 5.73 Å². The van der Waals surface area contributed by atoms with Crippen LogP contribution in [0.5, 0.6) is 0 Å². The lowest BCUT2D eigenvalue weighted by atomic mass is 10.0. The van der Waals surface area contributed by atoms with E-state index in [1.807, 2.05) is 49.4 Å². The van der Waals surface area contributed by atoms with E-state index >= 15 is 0 Å². The summed E-state index contributed by atoms with van der Waals surface area (Å²) in [5.41, 5.74) is 9.94. The zero-order chi connectivity index (χ0) is 14.5. The summed E-state index contributed by atoms with van der Waals surface area (Å²) in [6.45, 7) is 1.99. The number of benzene rings is 2. The van der Waals surface area contributed by atoms with E-state index in [1.165, 1.54) is 0 Å². The Labute approximate surface area is 119 Å². The Kier molecular flexibility index (Phi) is 4.32. The molecule has 2 aromatic rings. The van der Waals surface area contributed by atoms with Crippen molar-refractivity contribution in [3.05, 3.63) is 59.7 Å². The van der Waals surface area contributed by atoms with Crippen molar-refractivity contribution in [1.82, 2.24) is 0 Å². The van der Waals surface area contributed by atoms with E-state index < -0.39 is 10.5 Å². The first-order valence-corrected chi connectivity index (χ1v) is 7.03. The maximum absolute atomic E-state index is 10.5. The van der Waals surface area contributed by atoms with Crippen LogP contribution in [0.3, 0.4) is 0 Å². The van der Waals surface area contributed by atoms with Gasteiger partial charge in [0, 0.05) is 5.69 Å². The molecular formula is C15H14N2O2S. The molecule has 0 bridgehead atoms. The monoisotopic (exact) mass is 286 g/mol. The van der Waals surface area contributed by atoms with Crippen LogP contribution in [0.25, 0.3) is 11.6 Å². The molecule has 0 aromatic heterocycles. The van der Waals surface area contributed by atoms with E-state index in [-0.39, 0.29) is 0 Å². The molecule has 2 aromatic carbocycles. The van der Waals surface area contributed by atoms with E-state index in [0.29, 0.717) is 5.69 Å². The van der Waals surface area contributed by atoms with Gasteiger partial charge in [-0.25, -0.2) is 0 Å². The average Bonchev–Trinajstić information content (AvgIpc) is 2.41. The molecule has 4 nitrogen and oxygen atoms in total. The quantitative estimate of drug-likeness (QED) is 0.693. The zero-order valence-corrected chi connectivity index (χ0v) is 11.8. The summed E-state index contributed by atoms with van der Waals surface area (Å²) >= 11 is 0. The maximum atomic E-state index is 10.5. The van der Waals surface area contributed by atoms with Crippen LogP contribution in [0.15, 0.2) is 52.9 Å². The first-order valence-electron chi connectivity index (χ1n) is 6.00. The highest BCUT2D eigenvalue weighted by Crippen LogP contribution is 2.21. The molecule has 0 amide bonds. The van der Waals surface area contributed by atoms with Crippen LogP contribution >= 0.6 is 0 Å². The fraction of sp³-hybridized carbons (Fsp3) is 0.0667. The molecule has 102 valence electrons. The number of rotatable bonds is 3. The van der Waals surface area contributed by atoms with Crippen LogP contribution in [0, 0.1) is 0 Å². The molecule has 0 atom stereocenters. The maximum Gasteiger partial charge on any atom is 0.316 e. The van der Waals surface area contributed by atoms with Gasteiger partial charge in [-0.3, -0.25) is 0 Å². The van der Waals surface area contributed by atoms with Crippen LogP contribution in [0.4, 0.5) is 11.4 Å². The van der Waals surface area contributed by atoms with Crippen molar-refractivity contribution in [2.75, 3.05) is 5.73 Å². The van der Waals surface area contributed by atoms with Gasteiger partial charge in [0.05, 0.1) is 5.69 Å². The summed E-state index contributed by atoms with van der Waals surface area (Å²) in [6, 6.07) is 14.6. The third-order valence-electron chi connectivity index (χ3n) is 2.82. The van der Waals surface area contributed by atoms with Crippen molar-refractivity contribution >= 4 is 33.5 Å². The standard InChI is InChI=1S/C15H14N2O2S/c1-11(10-12-2-6-14(16)7-3-12)13-4-8-15(9-5-13)17-20(18)19/h2-10H,16H2,1H3. The molecule has 2 rings (SSSR count). The minimum absolute atomic E-state index is 0.419. The molecule has 20 heavy (non-hydrogen) atoms. The average molecular weight is 286 g/mol. The molecule has 0 aliphatic rings. The summed E-state index contributed by atoms with van der Waals surface area (Å²) in [4.78, 5) is 0. The first-order chi connectivity index (χ1) is 9.54. The van der Waals surface area contributed by atoms with E-state index in [2.05, 4.69) is 4.36 Å². The van der Waals surface area contributed by atoms with Gasteiger partial charge in [-0.2, -0.15) is 8.42 Å². The highest BCUT2D eigenvalue weighted by Gasteiger charge is 1.97. The third-order valence-corrected chi connectivity index (χ3v) is 3.18. The number of allylic oxidation sites excluding steroid dienone is 1. The van der Waals surface area contributed by atoms with Crippen molar-refractivity contribution in [3.8, 4) is 0 Å². The highest BCUT2D eigenvalue weighted by atomic mass is 32.2. The van der Waals surface area contributed by atoms with Crippen molar-refractivity contribution in [3.63, 3.8) is 0 Å². The Hall–Kier alpha value is -2.40. The van der Waals surface area contributed by atoms with Gasteiger partial charge in [0.25, 0.3) is 0 Å². The molecule has 0 fully saturated rings. The molecule has 0 aliphatic heterocycles. The van der Waals surface area contributed by atoms with Crippen molar-refractivity contribution < 1.29 is 8.42 Å². The Bertz CT molecular complexity index is 751. The normalized spacial score (nSPS) is 11.2. The van der Waals surface area contributed by atoms with Crippen LogP contribution in [0.2, 0.25) is 0 Å². The highest BCUT2D eigenvalue weighted by molar-refractivity contribution is 7.61. The summed E-state index contributed by atoms with van der Waals surface area (Å²) in [6.07, 6.45) is 2.04. The minimum Gasteiger partial charge on any atom is -0.399 e. The lowest BCUT2D eigenvalue weighted by molar-refractivity contribution is 0.622. The van der Waals surface area contributed by atoms with Gasteiger partial charge in [-0.1, -0.05) is 30.3 Å².